The van der Waals surface area contributed by atoms with E-state index >= 15 is 0 Å². The average Bonchev–Trinajstić information content (AvgIpc) is 3.09. The minimum atomic E-state index is -0.0626. The maximum Gasteiger partial charge on any atom is 0.253 e. The van der Waals surface area contributed by atoms with Crippen molar-refractivity contribution in [3.8, 4) is 5.75 Å². The van der Waals surface area contributed by atoms with Crippen molar-refractivity contribution < 1.29 is 14.3 Å². The van der Waals surface area contributed by atoms with Crippen molar-refractivity contribution in [3.05, 3.63) is 59.7 Å². The van der Waals surface area contributed by atoms with Crippen LogP contribution in [0.4, 0.5) is 5.69 Å². The van der Waals surface area contributed by atoms with Crippen LogP contribution in [0, 0.1) is 0 Å². The molecule has 1 saturated heterocycles. The third-order valence-electron chi connectivity index (χ3n) is 4.48. The van der Waals surface area contributed by atoms with Crippen LogP contribution in [0.1, 0.15) is 35.7 Å². The van der Waals surface area contributed by atoms with Crippen LogP contribution in [0.5, 0.6) is 5.75 Å². The lowest BCUT2D eigenvalue weighted by Crippen LogP contribution is -2.27. The molecule has 5 heteroatoms. The molecule has 0 aliphatic carbocycles. The summed E-state index contributed by atoms with van der Waals surface area (Å²) in [5, 5.41) is 0. The van der Waals surface area contributed by atoms with E-state index in [0.717, 1.165) is 30.0 Å². The standard InChI is InChI=1S/C21H24N2O3/c1-3-26-19-11-9-16(10-12-19)15-22(2)21(25)17-6-4-7-18(14-17)23-13-5-8-20(23)24/h4,6-7,9-12,14H,3,5,8,13,15H2,1-2H3. The number of anilines is 1. The van der Waals surface area contributed by atoms with Gasteiger partial charge in [0.15, 0.2) is 0 Å². The number of ether oxygens (including phenoxy) is 1. The normalized spacial score (nSPS) is 13.8. The molecule has 2 aromatic carbocycles. The number of benzene rings is 2. The van der Waals surface area contributed by atoms with Crippen molar-refractivity contribution in [2.75, 3.05) is 25.1 Å². The van der Waals surface area contributed by atoms with Crippen LogP contribution in [0.3, 0.4) is 0 Å². The van der Waals surface area contributed by atoms with Gasteiger partial charge in [0, 0.05) is 37.8 Å². The predicted molar refractivity (Wildman–Crippen MR) is 101 cm³/mol. The molecule has 2 aromatic rings. The first-order chi connectivity index (χ1) is 12.6. The molecule has 136 valence electrons. The fourth-order valence-electron chi connectivity index (χ4n) is 3.15. The second-order valence-electron chi connectivity index (χ2n) is 6.44. The maximum absolute atomic E-state index is 12.8. The third-order valence-corrected chi connectivity index (χ3v) is 4.48. The summed E-state index contributed by atoms with van der Waals surface area (Å²) in [4.78, 5) is 28.1. The Morgan fingerprint density at radius 1 is 1.19 bits per heavy atom. The first kappa shape index (κ1) is 18.0. The van der Waals surface area contributed by atoms with E-state index in [1.165, 1.54) is 0 Å². The Bertz CT molecular complexity index is 786. The lowest BCUT2D eigenvalue weighted by molar-refractivity contribution is -0.117. The molecule has 1 aliphatic rings. The minimum Gasteiger partial charge on any atom is -0.494 e. The van der Waals surface area contributed by atoms with Gasteiger partial charge in [0.1, 0.15) is 5.75 Å². The molecule has 26 heavy (non-hydrogen) atoms. The fraction of sp³-hybridized carbons (Fsp3) is 0.333. The van der Waals surface area contributed by atoms with Crippen LogP contribution in [0.25, 0.3) is 0 Å². The van der Waals surface area contributed by atoms with Crippen molar-refractivity contribution in [1.82, 2.24) is 4.90 Å². The lowest BCUT2D eigenvalue weighted by atomic mass is 10.1. The van der Waals surface area contributed by atoms with E-state index in [0.29, 0.717) is 25.1 Å². The van der Waals surface area contributed by atoms with E-state index in [1.807, 2.05) is 43.3 Å². The number of carbonyl (C=O) groups excluding carboxylic acids is 2. The molecule has 0 saturated carbocycles. The molecule has 0 radical (unpaired) electrons. The SMILES string of the molecule is CCOc1ccc(CN(C)C(=O)c2cccc(N3CCCC3=O)c2)cc1. The highest BCUT2D eigenvalue weighted by Crippen LogP contribution is 2.23. The van der Waals surface area contributed by atoms with Gasteiger partial charge in [0.05, 0.1) is 6.61 Å². The molecule has 5 nitrogen and oxygen atoms in total. The molecule has 0 spiro atoms. The number of rotatable bonds is 6. The van der Waals surface area contributed by atoms with E-state index in [1.54, 1.807) is 29.0 Å². The molecule has 0 atom stereocenters. The highest BCUT2D eigenvalue weighted by atomic mass is 16.5. The number of amides is 2. The van der Waals surface area contributed by atoms with Gasteiger partial charge in [0.25, 0.3) is 5.91 Å². The van der Waals surface area contributed by atoms with Crippen LogP contribution in [-0.2, 0) is 11.3 Å². The van der Waals surface area contributed by atoms with E-state index in [2.05, 4.69) is 0 Å². The number of hydrogen-bond acceptors (Lipinski definition) is 3. The Kier molecular flexibility index (Phi) is 5.56. The maximum atomic E-state index is 12.8. The second-order valence-corrected chi connectivity index (χ2v) is 6.44. The number of nitrogens with zero attached hydrogens (tertiary/aromatic N) is 2. The van der Waals surface area contributed by atoms with Gasteiger partial charge in [-0.2, -0.15) is 0 Å². The van der Waals surface area contributed by atoms with E-state index in [9.17, 15) is 9.59 Å². The smallest absolute Gasteiger partial charge is 0.253 e. The molecular formula is C21H24N2O3. The van der Waals surface area contributed by atoms with Gasteiger partial charge in [-0.1, -0.05) is 18.2 Å². The van der Waals surface area contributed by atoms with Gasteiger partial charge in [-0.3, -0.25) is 9.59 Å². The minimum absolute atomic E-state index is 0.0626. The highest BCUT2D eigenvalue weighted by molar-refractivity contribution is 5.99. The summed E-state index contributed by atoms with van der Waals surface area (Å²) < 4.78 is 5.44. The zero-order chi connectivity index (χ0) is 18.5. The number of hydrogen-bond donors (Lipinski definition) is 0. The summed E-state index contributed by atoms with van der Waals surface area (Å²) in [5.74, 6) is 0.887. The van der Waals surface area contributed by atoms with Crippen molar-refractivity contribution in [2.24, 2.45) is 0 Å². The molecular weight excluding hydrogens is 328 g/mol. The van der Waals surface area contributed by atoms with Crippen molar-refractivity contribution >= 4 is 17.5 Å². The molecule has 0 aromatic heterocycles. The summed E-state index contributed by atoms with van der Waals surface area (Å²) >= 11 is 0. The first-order valence-corrected chi connectivity index (χ1v) is 8.96. The lowest BCUT2D eigenvalue weighted by Gasteiger charge is -2.20. The quantitative estimate of drug-likeness (QED) is 0.800. The second kappa shape index (κ2) is 8.04. The molecule has 1 heterocycles. The molecule has 0 bridgehead atoms. The molecule has 1 aliphatic heterocycles. The largest absolute Gasteiger partial charge is 0.494 e. The summed E-state index contributed by atoms with van der Waals surface area (Å²) in [6.07, 6.45) is 1.45. The summed E-state index contributed by atoms with van der Waals surface area (Å²) in [6, 6.07) is 15.1. The summed E-state index contributed by atoms with van der Waals surface area (Å²) in [7, 11) is 1.78. The Balaban J connectivity index is 1.69. The summed E-state index contributed by atoms with van der Waals surface area (Å²) in [6.45, 7) is 3.81. The molecule has 3 rings (SSSR count). The Hall–Kier alpha value is -2.82. The molecule has 1 fully saturated rings. The van der Waals surface area contributed by atoms with Gasteiger partial charge >= 0.3 is 0 Å². The fourth-order valence-corrected chi connectivity index (χ4v) is 3.15. The van der Waals surface area contributed by atoms with Crippen molar-refractivity contribution in [1.29, 1.82) is 0 Å². The van der Waals surface area contributed by atoms with Crippen LogP contribution < -0.4 is 9.64 Å². The van der Waals surface area contributed by atoms with Gasteiger partial charge in [0.2, 0.25) is 5.91 Å². The predicted octanol–water partition coefficient (Wildman–Crippen LogP) is 3.48. The molecule has 0 N–H and O–H groups in total. The molecule has 0 unspecified atom stereocenters. The van der Waals surface area contributed by atoms with Gasteiger partial charge in [-0.25, -0.2) is 0 Å². The van der Waals surface area contributed by atoms with Crippen molar-refractivity contribution in [2.45, 2.75) is 26.3 Å². The zero-order valence-corrected chi connectivity index (χ0v) is 15.3. The number of carbonyl (C=O) groups is 2. The van der Waals surface area contributed by atoms with E-state index in [4.69, 9.17) is 4.74 Å². The monoisotopic (exact) mass is 352 g/mol. The zero-order valence-electron chi connectivity index (χ0n) is 15.3. The van der Waals surface area contributed by atoms with Gasteiger partial charge in [-0.15, -0.1) is 0 Å². The van der Waals surface area contributed by atoms with Crippen LogP contribution >= 0.6 is 0 Å². The Morgan fingerprint density at radius 2 is 1.96 bits per heavy atom. The van der Waals surface area contributed by atoms with Gasteiger partial charge in [-0.05, 0) is 49.2 Å². The van der Waals surface area contributed by atoms with Crippen LogP contribution in [0.15, 0.2) is 48.5 Å². The average molecular weight is 352 g/mol. The summed E-state index contributed by atoms with van der Waals surface area (Å²) in [5.41, 5.74) is 2.43. The Morgan fingerprint density at radius 3 is 2.62 bits per heavy atom. The topological polar surface area (TPSA) is 49.9 Å². The van der Waals surface area contributed by atoms with Crippen molar-refractivity contribution in [3.63, 3.8) is 0 Å². The van der Waals surface area contributed by atoms with E-state index in [-0.39, 0.29) is 11.8 Å². The van der Waals surface area contributed by atoms with Gasteiger partial charge < -0.3 is 14.5 Å². The van der Waals surface area contributed by atoms with Crippen LogP contribution in [0.2, 0.25) is 0 Å². The highest BCUT2D eigenvalue weighted by Gasteiger charge is 2.22. The third kappa shape index (κ3) is 4.04. The Labute approximate surface area is 154 Å². The molecule has 2 amide bonds. The first-order valence-electron chi connectivity index (χ1n) is 8.96. The van der Waals surface area contributed by atoms with Crippen LogP contribution in [-0.4, -0.2) is 36.9 Å². The van der Waals surface area contributed by atoms with E-state index < -0.39 is 0 Å².